The molecule has 0 aliphatic heterocycles. The van der Waals surface area contributed by atoms with E-state index in [0.717, 1.165) is 25.5 Å². The van der Waals surface area contributed by atoms with Crippen molar-refractivity contribution in [2.45, 2.75) is 6.92 Å². The van der Waals surface area contributed by atoms with E-state index in [1.54, 1.807) is 0 Å². The zero-order chi connectivity index (χ0) is 13.4. The number of aromatic nitrogens is 1. The Morgan fingerprint density at radius 1 is 1.28 bits per heavy atom. The summed E-state index contributed by atoms with van der Waals surface area (Å²) in [6.45, 7) is 1.38. The van der Waals surface area contributed by atoms with Crippen LogP contribution in [0.15, 0.2) is 18.3 Å². The first-order valence-electron chi connectivity index (χ1n) is 5.09. The lowest BCUT2D eigenvalue weighted by atomic mass is 9.91. The van der Waals surface area contributed by atoms with Crippen LogP contribution in [0.5, 0.6) is 0 Å². The van der Waals surface area contributed by atoms with Gasteiger partial charge in [0, 0.05) is 6.92 Å². The third-order valence-corrected chi connectivity index (χ3v) is 2.75. The van der Waals surface area contributed by atoms with Crippen molar-refractivity contribution in [3.63, 3.8) is 0 Å². The summed E-state index contributed by atoms with van der Waals surface area (Å²) in [4.78, 5) is 35.0. The van der Waals surface area contributed by atoms with Crippen LogP contribution in [0.2, 0.25) is 0 Å². The van der Waals surface area contributed by atoms with Gasteiger partial charge in [-0.25, -0.2) is 4.79 Å². The van der Waals surface area contributed by atoms with E-state index < -0.39 is 17.5 Å². The summed E-state index contributed by atoms with van der Waals surface area (Å²) in [5.41, 5.74) is -0.285. The van der Waals surface area contributed by atoms with Gasteiger partial charge in [-0.2, -0.15) is 4.73 Å². The summed E-state index contributed by atoms with van der Waals surface area (Å²) < 4.78 is 4.93. The molecule has 1 aliphatic carbocycles. The molecule has 0 fully saturated rings. The van der Waals surface area contributed by atoms with Gasteiger partial charge in [0.25, 0.3) is 0 Å². The highest BCUT2D eigenvalue weighted by Gasteiger charge is 2.32. The van der Waals surface area contributed by atoms with E-state index in [9.17, 15) is 19.6 Å². The van der Waals surface area contributed by atoms with E-state index in [1.165, 1.54) is 6.92 Å². The molecule has 0 N–H and O–H groups in total. The second kappa shape index (κ2) is 4.06. The highest BCUT2D eigenvalue weighted by Crippen LogP contribution is 2.22. The highest BCUT2D eigenvalue weighted by molar-refractivity contribution is 6.24. The molecule has 0 saturated heterocycles. The predicted molar refractivity (Wildman–Crippen MR) is 59.3 cm³/mol. The summed E-state index contributed by atoms with van der Waals surface area (Å²) in [5, 5.41) is 11.6. The van der Waals surface area contributed by atoms with E-state index in [-0.39, 0.29) is 22.4 Å². The quantitative estimate of drug-likeness (QED) is 0.406. The van der Waals surface area contributed by atoms with Crippen LogP contribution in [0.1, 0.15) is 36.8 Å². The molecular formula is C12H9NO5. The van der Waals surface area contributed by atoms with Gasteiger partial charge in [-0.3, -0.25) is 9.59 Å². The van der Waals surface area contributed by atoms with Crippen molar-refractivity contribution >= 4 is 17.5 Å². The van der Waals surface area contributed by atoms with Crippen molar-refractivity contribution in [1.29, 1.82) is 0 Å². The standard InChI is InChI=1S/C12H9NO5/c1-6-10(12(16)18-2)11-7(5-13(6)17)8(14)3-4-9(11)15/h3-5H,1-2H3. The number of allylic oxidation sites excluding steroid dienone is 2. The van der Waals surface area contributed by atoms with Gasteiger partial charge in [-0.05, 0) is 12.2 Å². The molecule has 0 aromatic carbocycles. The fourth-order valence-electron chi connectivity index (χ4n) is 1.82. The lowest BCUT2D eigenvalue weighted by molar-refractivity contribution is -0.612. The largest absolute Gasteiger partial charge is 0.618 e. The summed E-state index contributed by atoms with van der Waals surface area (Å²) >= 11 is 0. The number of fused-ring (bicyclic) bond motifs is 1. The lowest BCUT2D eigenvalue weighted by Gasteiger charge is -2.14. The Morgan fingerprint density at radius 2 is 1.89 bits per heavy atom. The van der Waals surface area contributed by atoms with Gasteiger partial charge >= 0.3 is 5.97 Å². The average Bonchev–Trinajstić information content (AvgIpc) is 2.35. The molecule has 2 rings (SSSR count). The second-order valence-corrected chi connectivity index (χ2v) is 3.76. The van der Waals surface area contributed by atoms with Crippen LogP contribution in [0, 0.1) is 12.1 Å². The molecule has 0 unspecified atom stereocenters. The molecule has 0 spiro atoms. The molecule has 0 bridgehead atoms. The van der Waals surface area contributed by atoms with Crippen LogP contribution in [-0.4, -0.2) is 24.6 Å². The number of esters is 1. The topological polar surface area (TPSA) is 87.4 Å². The summed E-state index contributed by atoms with van der Waals surface area (Å²) in [7, 11) is 1.14. The lowest BCUT2D eigenvalue weighted by Crippen LogP contribution is -2.36. The smallest absolute Gasteiger partial charge is 0.345 e. The number of carbonyl (C=O) groups excluding carboxylic acids is 3. The number of carbonyl (C=O) groups is 3. The minimum atomic E-state index is -0.814. The molecule has 1 aliphatic rings. The molecule has 1 aromatic heterocycles. The van der Waals surface area contributed by atoms with Gasteiger partial charge in [0.15, 0.2) is 17.8 Å². The first kappa shape index (κ1) is 12.0. The molecule has 18 heavy (non-hydrogen) atoms. The fraction of sp³-hybridized carbons (Fsp3) is 0.167. The van der Waals surface area contributed by atoms with E-state index in [1.807, 2.05) is 0 Å². The Hall–Kier alpha value is -2.50. The summed E-state index contributed by atoms with van der Waals surface area (Å²) in [5.74, 6) is -1.79. The van der Waals surface area contributed by atoms with Gasteiger partial charge in [-0.1, -0.05) is 0 Å². The molecule has 0 amide bonds. The van der Waals surface area contributed by atoms with Gasteiger partial charge in [-0.15, -0.1) is 0 Å². The van der Waals surface area contributed by atoms with Crippen LogP contribution in [0.3, 0.4) is 0 Å². The zero-order valence-electron chi connectivity index (χ0n) is 9.72. The molecule has 0 atom stereocenters. The minimum Gasteiger partial charge on any atom is -0.618 e. The van der Waals surface area contributed by atoms with Crippen LogP contribution < -0.4 is 4.73 Å². The number of hydrogen-bond donors (Lipinski definition) is 0. The number of rotatable bonds is 1. The SMILES string of the molecule is COC(=O)c1c2c(c[n+]([O-])c1C)C(=O)C=CC2=O. The van der Waals surface area contributed by atoms with E-state index >= 15 is 0 Å². The number of nitrogens with zero attached hydrogens (tertiary/aromatic N) is 1. The van der Waals surface area contributed by atoms with Crippen molar-refractivity contribution in [3.05, 3.63) is 45.9 Å². The van der Waals surface area contributed by atoms with Crippen LogP contribution in [-0.2, 0) is 4.74 Å². The zero-order valence-corrected chi connectivity index (χ0v) is 9.72. The van der Waals surface area contributed by atoms with Gasteiger partial charge in [0.1, 0.15) is 5.56 Å². The van der Waals surface area contributed by atoms with Crippen LogP contribution in [0.4, 0.5) is 0 Å². The van der Waals surface area contributed by atoms with E-state index in [0.29, 0.717) is 4.73 Å². The molecule has 1 heterocycles. The number of methoxy groups -OCH3 is 1. The number of ether oxygens (including phenoxy) is 1. The van der Waals surface area contributed by atoms with Crippen molar-refractivity contribution < 1.29 is 23.9 Å². The number of pyridine rings is 1. The van der Waals surface area contributed by atoms with Crippen LogP contribution in [0.25, 0.3) is 0 Å². The number of hydrogen-bond acceptors (Lipinski definition) is 5. The molecule has 0 radical (unpaired) electrons. The normalized spacial score (nSPS) is 13.4. The van der Waals surface area contributed by atoms with E-state index in [4.69, 9.17) is 0 Å². The Labute approximate surface area is 102 Å². The minimum absolute atomic E-state index is 0.0250. The van der Waals surface area contributed by atoms with Gasteiger partial charge < -0.3 is 9.94 Å². The Morgan fingerprint density at radius 3 is 2.50 bits per heavy atom. The first-order chi connectivity index (χ1) is 8.47. The van der Waals surface area contributed by atoms with Gasteiger partial charge in [0.2, 0.25) is 5.69 Å². The Bertz CT molecular complexity index is 615. The first-order valence-corrected chi connectivity index (χ1v) is 5.09. The van der Waals surface area contributed by atoms with Crippen molar-refractivity contribution in [1.82, 2.24) is 0 Å². The van der Waals surface area contributed by atoms with Crippen LogP contribution >= 0.6 is 0 Å². The molecule has 1 aromatic rings. The third-order valence-electron chi connectivity index (χ3n) is 2.75. The Kier molecular flexibility index (Phi) is 2.70. The molecule has 6 nitrogen and oxygen atoms in total. The van der Waals surface area contributed by atoms with Crippen molar-refractivity contribution in [2.75, 3.05) is 7.11 Å². The molecular weight excluding hydrogens is 238 g/mol. The predicted octanol–water partition coefficient (Wildman–Crippen LogP) is 0.350. The maximum atomic E-state index is 11.8. The Balaban J connectivity index is 2.85. The summed E-state index contributed by atoms with van der Waals surface area (Å²) in [6, 6.07) is 0. The maximum Gasteiger partial charge on any atom is 0.345 e. The second-order valence-electron chi connectivity index (χ2n) is 3.76. The average molecular weight is 247 g/mol. The molecule has 92 valence electrons. The fourth-order valence-corrected chi connectivity index (χ4v) is 1.82. The molecule has 0 saturated carbocycles. The van der Waals surface area contributed by atoms with Crippen molar-refractivity contribution in [2.24, 2.45) is 0 Å². The third kappa shape index (κ3) is 1.58. The van der Waals surface area contributed by atoms with Crippen molar-refractivity contribution in [3.8, 4) is 0 Å². The van der Waals surface area contributed by atoms with Gasteiger partial charge in [0.05, 0.1) is 18.2 Å². The molecule has 6 heteroatoms. The van der Waals surface area contributed by atoms with E-state index in [2.05, 4.69) is 4.74 Å². The maximum absolute atomic E-state index is 11.8. The summed E-state index contributed by atoms with van der Waals surface area (Å²) in [6.07, 6.45) is 3.15. The highest BCUT2D eigenvalue weighted by atomic mass is 16.5. The monoisotopic (exact) mass is 247 g/mol. The number of ketones is 2.